The summed E-state index contributed by atoms with van der Waals surface area (Å²) in [5.74, 6) is -0.273. The molecule has 0 aliphatic heterocycles. The summed E-state index contributed by atoms with van der Waals surface area (Å²) >= 11 is 0. The van der Waals surface area contributed by atoms with Crippen LogP contribution in [-0.4, -0.2) is 15.5 Å². The monoisotopic (exact) mass is 235 g/mol. The molecule has 0 aliphatic carbocycles. The molecule has 1 aromatic carbocycles. The summed E-state index contributed by atoms with van der Waals surface area (Å²) in [7, 11) is -2.65. The Balaban J connectivity index is 2.79. The van der Waals surface area contributed by atoms with Crippen LogP contribution in [0.1, 0.15) is 5.56 Å². The van der Waals surface area contributed by atoms with Crippen molar-refractivity contribution in [2.24, 2.45) is 5.14 Å². The van der Waals surface area contributed by atoms with Gasteiger partial charge in [-0.15, -0.1) is 0 Å². The predicted molar refractivity (Wildman–Crippen MR) is 50.8 cm³/mol. The minimum atomic E-state index is -4.05. The Morgan fingerprint density at radius 2 is 2.13 bits per heavy atom. The highest BCUT2D eigenvalue weighted by atomic mass is 32.2. The van der Waals surface area contributed by atoms with Crippen molar-refractivity contribution in [3.8, 4) is 5.75 Å². The first-order valence-electron chi connectivity index (χ1n) is 3.92. The molecule has 84 valence electrons. The zero-order chi connectivity index (χ0) is 11.5. The number of nitrogens with two attached hydrogens (primary N) is 1. The minimum Gasteiger partial charge on any atom is -0.497 e. The summed E-state index contributed by atoms with van der Waals surface area (Å²) in [6, 6.07) is 3.98. The van der Waals surface area contributed by atoms with E-state index in [1.165, 1.54) is 19.2 Å². The van der Waals surface area contributed by atoms with E-state index in [0.717, 1.165) is 6.07 Å². The molecule has 0 spiro atoms. The fourth-order valence-corrected chi connectivity index (χ4v) is 1.21. The van der Waals surface area contributed by atoms with E-state index >= 15 is 0 Å². The van der Waals surface area contributed by atoms with E-state index in [-0.39, 0.29) is 5.56 Å². The Morgan fingerprint density at radius 1 is 1.47 bits per heavy atom. The lowest BCUT2D eigenvalue weighted by atomic mass is 10.2. The quantitative estimate of drug-likeness (QED) is 0.826. The van der Waals surface area contributed by atoms with E-state index in [4.69, 9.17) is 4.74 Å². The zero-order valence-corrected chi connectivity index (χ0v) is 8.75. The topological polar surface area (TPSA) is 78.6 Å². The Kier molecular flexibility index (Phi) is 3.61. The molecule has 1 aromatic rings. The molecule has 15 heavy (non-hydrogen) atoms. The highest BCUT2D eigenvalue weighted by Gasteiger charge is 2.08. The second kappa shape index (κ2) is 4.56. The van der Waals surface area contributed by atoms with Crippen LogP contribution in [0.25, 0.3) is 0 Å². The molecule has 7 heteroatoms. The van der Waals surface area contributed by atoms with Gasteiger partial charge in [0.1, 0.15) is 11.6 Å². The van der Waals surface area contributed by atoms with Gasteiger partial charge in [-0.05, 0) is 6.07 Å². The average molecular weight is 235 g/mol. The number of hydrogen-bond acceptors (Lipinski definition) is 4. The molecule has 0 saturated carbocycles. The van der Waals surface area contributed by atoms with Gasteiger partial charge in [0, 0.05) is 11.6 Å². The first-order valence-corrected chi connectivity index (χ1v) is 5.39. The Hall–Kier alpha value is -1.18. The summed E-state index contributed by atoms with van der Waals surface area (Å²) in [5, 5.41) is 4.59. The largest absolute Gasteiger partial charge is 0.497 e. The average Bonchev–Trinajstić information content (AvgIpc) is 2.14. The van der Waals surface area contributed by atoms with Crippen molar-refractivity contribution in [1.82, 2.24) is 0 Å². The molecule has 0 unspecified atom stereocenters. The third-order valence-corrected chi connectivity index (χ3v) is 2.09. The van der Waals surface area contributed by atoms with Gasteiger partial charge >= 0.3 is 10.3 Å². The third kappa shape index (κ3) is 3.82. The van der Waals surface area contributed by atoms with Crippen LogP contribution < -0.4 is 9.88 Å². The van der Waals surface area contributed by atoms with Crippen LogP contribution in [0.5, 0.6) is 5.75 Å². The molecule has 0 atom stereocenters. The van der Waals surface area contributed by atoms with Crippen molar-refractivity contribution in [1.29, 1.82) is 0 Å². The minimum absolute atomic E-state index is 0.0878. The molecule has 1 rings (SSSR count). The standard InChI is InChI=1S/C8H10FNO4S/c1-13-7-3-2-6(8(9)4-7)5-14-15(10,11)12/h2-4H,5H2,1H3,(H2,10,11,12). The lowest BCUT2D eigenvalue weighted by Gasteiger charge is -2.05. The molecule has 0 heterocycles. The van der Waals surface area contributed by atoms with Crippen LogP contribution >= 0.6 is 0 Å². The van der Waals surface area contributed by atoms with Gasteiger partial charge in [-0.3, -0.25) is 4.18 Å². The van der Waals surface area contributed by atoms with Crippen molar-refractivity contribution in [2.45, 2.75) is 6.61 Å². The van der Waals surface area contributed by atoms with E-state index in [2.05, 4.69) is 9.32 Å². The van der Waals surface area contributed by atoms with Crippen LogP contribution in [0.3, 0.4) is 0 Å². The van der Waals surface area contributed by atoms with Crippen LogP contribution in [0.4, 0.5) is 4.39 Å². The van der Waals surface area contributed by atoms with E-state index in [9.17, 15) is 12.8 Å². The van der Waals surface area contributed by atoms with Gasteiger partial charge in [0.2, 0.25) is 0 Å². The molecule has 0 fully saturated rings. The second-order valence-electron chi connectivity index (χ2n) is 2.71. The molecule has 0 aromatic heterocycles. The van der Waals surface area contributed by atoms with E-state index in [1.54, 1.807) is 0 Å². The highest BCUT2D eigenvalue weighted by molar-refractivity contribution is 7.84. The Labute approximate surface area is 86.9 Å². The first-order chi connectivity index (χ1) is 6.92. The molecular weight excluding hydrogens is 225 g/mol. The third-order valence-electron chi connectivity index (χ3n) is 1.64. The molecule has 0 amide bonds. The van der Waals surface area contributed by atoms with Crippen LogP contribution in [0.2, 0.25) is 0 Å². The molecule has 2 N–H and O–H groups in total. The van der Waals surface area contributed by atoms with Gasteiger partial charge < -0.3 is 4.74 Å². The summed E-state index contributed by atoms with van der Waals surface area (Å²) in [4.78, 5) is 0. The molecule has 0 bridgehead atoms. The van der Waals surface area contributed by atoms with Gasteiger partial charge in [0.25, 0.3) is 0 Å². The predicted octanol–water partition coefficient (Wildman–Crippen LogP) is 0.554. The van der Waals surface area contributed by atoms with E-state index < -0.39 is 22.7 Å². The second-order valence-corrected chi connectivity index (χ2v) is 3.93. The normalized spacial score (nSPS) is 11.4. The zero-order valence-electron chi connectivity index (χ0n) is 7.94. The SMILES string of the molecule is COc1ccc(COS(N)(=O)=O)c(F)c1. The van der Waals surface area contributed by atoms with E-state index in [1.807, 2.05) is 0 Å². The van der Waals surface area contributed by atoms with Gasteiger partial charge in [0.05, 0.1) is 13.7 Å². The van der Waals surface area contributed by atoms with Gasteiger partial charge in [0.15, 0.2) is 0 Å². The molecule has 0 radical (unpaired) electrons. The molecule has 0 saturated heterocycles. The first kappa shape index (κ1) is 11.9. The molecule has 0 aliphatic rings. The van der Waals surface area contributed by atoms with Crippen molar-refractivity contribution in [3.63, 3.8) is 0 Å². The van der Waals surface area contributed by atoms with Gasteiger partial charge in [-0.25, -0.2) is 9.53 Å². The fraction of sp³-hybridized carbons (Fsp3) is 0.250. The van der Waals surface area contributed by atoms with Crippen LogP contribution in [0, 0.1) is 5.82 Å². The Bertz CT molecular complexity index is 446. The lowest BCUT2D eigenvalue weighted by Crippen LogP contribution is -2.15. The fourth-order valence-electron chi connectivity index (χ4n) is 0.918. The number of ether oxygens (including phenoxy) is 1. The summed E-state index contributed by atoms with van der Waals surface area (Å²) in [6.07, 6.45) is 0. The van der Waals surface area contributed by atoms with Crippen molar-refractivity contribution < 1.29 is 21.7 Å². The van der Waals surface area contributed by atoms with Crippen molar-refractivity contribution in [2.75, 3.05) is 7.11 Å². The smallest absolute Gasteiger partial charge is 0.333 e. The van der Waals surface area contributed by atoms with Gasteiger partial charge in [-0.1, -0.05) is 6.07 Å². The maximum Gasteiger partial charge on any atom is 0.333 e. The summed E-state index contributed by atoms with van der Waals surface area (Å²) in [6.45, 7) is -0.436. The molecular formula is C8H10FNO4S. The summed E-state index contributed by atoms with van der Waals surface area (Å²) < 4.78 is 43.1. The Morgan fingerprint density at radius 3 is 2.60 bits per heavy atom. The number of rotatable bonds is 4. The number of hydrogen-bond donors (Lipinski definition) is 1. The van der Waals surface area contributed by atoms with Crippen molar-refractivity contribution >= 4 is 10.3 Å². The van der Waals surface area contributed by atoms with Crippen LogP contribution in [-0.2, 0) is 21.1 Å². The molecule has 5 nitrogen and oxygen atoms in total. The number of halogens is 1. The number of methoxy groups -OCH3 is 1. The van der Waals surface area contributed by atoms with E-state index in [0.29, 0.717) is 5.75 Å². The van der Waals surface area contributed by atoms with Crippen molar-refractivity contribution in [3.05, 3.63) is 29.6 Å². The maximum absolute atomic E-state index is 13.2. The highest BCUT2D eigenvalue weighted by Crippen LogP contribution is 2.17. The summed E-state index contributed by atoms with van der Waals surface area (Å²) in [5.41, 5.74) is 0.0878. The van der Waals surface area contributed by atoms with Crippen LogP contribution in [0.15, 0.2) is 18.2 Å². The lowest BCUT2D eigenvalue weighted by molar-refractivity contribution is 0.302. The maximum atomic E-state index is 13.2. The van der Waals surface area contributed by atoms with Gasteiger partial charge in [-0.2, -0.15) is 8.42 Å². The number of benzene rings is 1.